The zero-order valence-electron chi connectivity index (χ0n) is 9.10. The number of hydrogen-bond acceptors (Lipinski definition) is 3. The van der Waals surface area contributed by atoms with Crippen LogP contribution in [-0.2, 0) is 12.8 Å². The Kier molecular flexibility index (Phi) is 3.72. The predicted octanol–water partition coefficient (Wildman–Crippen LogP) is 2.19. The summed E-state index contributed by atoms with van der Waals surface area (Å²) < 4.78 is 5.57. The molecular weight excluding hydrogens is 202 g/mol. The fourth-order valence-corrected chi connectivity index (χ4v) is 1.57. The van der Waals surface area contributed by atoms with Gasteiger partial charge in [-0.2, -0.15) is 0 Å². The lowest BCUT2D eigenvalue weighted by molar-refractivity contribution is 0.282. The molecule has 0 unspecified atom stereocenters. The van der Waals surface area contributed by atoms with Crippen molar-refractivity contribution in [1.29, 1.82) is 0 Å². The van der Waals surface area contributed by atoms with Crippen LogP contribution >= 0.6 is 0 Å². The number of rotatable bonds is 5. The minimum absolute atomic E-state index is 0.177. The summed E-state index contributed by atoms with van der Waals surface area (Å²) in [6.45, 7) is 0.177. The van der Waals surface area contributed by atoms with Gasteiger partial charge in [0.1, 0.15) is 5.76 Å². The fraction of sp³-hybridized carbons (Fsp3) is 0.308. The first-order chi connectivity index (χ1) is 7.88. The number of aromatic nitrogens is 1. The SMILES string of the molecule is OCCCc1ncc(Cc2ccccc2)o1. The van der Waals surface area contributed by atoms with Gasteiger partial charge < -0.3 is 9.52 Å². The summed E-state index contributed by atoms with van der Waals surface area (Å²) in [5.41, 5.74) is 1.22. The Morgan fingerprint density at radius 1 is 1.19 bits per heavy atom. The highest BCUT2D eigenvalue weighted by Gasteiger charge is 2.04. The molecule has 2 aromatic rings. The highest BCUT2D eigenvalue weighted by atomic mass is 16.4. The van der Waals surface area contributed by atoms with E-state index in [1.165, 1.54) is 5.56 Å². The zero-order valence-corrected chi connectivity index (χ0v) is 9.10. The summed E-state index contributed by atoms with van der Waals surface area (Å²) in [7, 11) is 0. The Labute approximate surface area is 94.8 Å². The van der Waals surface area contributed by atoms with Gasteiger partial charge >= 0.3 is 0 Å². The molecule has 1 N–H and O–H groups in total. The van der Waals surface area contributed by atoms with Gasteiger partial charge in [-0.1, -0.05) is 30.3 Å². The highest BCUT2D eigenvalue weighted by molar-refractivity contribution is 5.19. The van der Waals surface area contributed by atoms with Crippen LogP contribution in [0.5, 0.6) is 0 Å². The van der Waals surface area contributed by atoms with Crippen molar-refractivity contribution in [3.8, 4) is 0 Å². The molecule has 0 aliphatic carbocycles. The van der Waals surface area contributed by atoms with Gasteiger partial charge in [0.2, 0.25) is 0 Å². The van der Waals surface area contributed by atoms with Crippen LogP contribution in [0.1, 0.15) is 23.6 Å². The Hall–Kier alpha value is -1.61. The molecule has 1 aromatic carbocycles. The summed E-state index contributed by atoms with van der Waals surface area (Å²) in [4.78, 5) is 4.17. The van der Waals surface area contributed by atoms with Gasteiger partial charge in [0.25, 0.3) is 0 Å². The number of aliphatic hydroxyl groups is 1. The van der Waals surface area contributed by atoms with Gasteiger partial charge in [-0.3, -0.25) is 0 Å². The first kappa shape index (κ1) is 10.9. The summed E-state index contributed by atoms with van der Waals surface area (Å²) in [6.07, 6.45) is 3.93. The standard InChI is InChI=1S/C13H15NO2/c15-8-4-7-13-14-10-12(16-13)9-11-5-2-1-3-6-11/h1-3,5-6,10,15H,4,7-9H2. The van der Waals surface area contributed by atoms with Crippen LogP contribution in [0.15, 0.2) is 40.9 Å². The molecule has 1 heterocycles. The minimum Gasteiger partial charge on any atom is -0.445 e. The van der Waals surface area contributed by atoms with E-state index in [-0.39, 0.29) is 6.61 Å². The lowest BCUT2D eigenvalue weighted by atomic mass is 10.1. The lowest BCUT2D eigenvalue weighted by Crippen LogP contribution is -1.88. The average Bonchev–Trinajstić information content (AvgIpc) is 2.75. The molecule has 0 aliphatic rings. The van der Waals surface area contributed by atoms with Gasteiger partial charge in [0.05, 0.1) is 6.20 Å². The van der Waals surface area contributed by atoms with E-state index in [1.807, 2.05) is 18.2 Å². The lowest BCUT2D eigenvalue weighted by Gasteiger charge is -1.96. The number of aryl methyl sites for hydroxylation is 1. The van der Waals surface area contributed by atoms with Crippen molar-refractivity contribution in [1.82, 2.24) is 4.98 Å². The van der Waals surface area contributed by atoms with Crippen molar-refractivity contribution in [2.75, 3.05) is 6.61 Å². The maximum Gasteiger partial charge on any atom is 0.194 e. The van der Waals surface area contributed by atoms with Crippen LogP contribution in [0.4, 0.5) is 0 Å². The molecule has 16 heavy (non-hydrogen) atoms. The Bertz CT molecular complexity index is 423. The number of hydrogen-bond donors (Lipinski definition) is 1. The maximum absolute atomic E-state index is 8.70. The topological polar surface area (TPSA) is 46.3 Å². The third kappa shape index (κ3) is 2.94. The zero-order chi connectivity index (χ0) is 11.2. The van der Waals surface area contributed by atoms with Crippen LogP contribution in [0.25, 0.3) is 0 Å². The van der Waals surface area contributed by atoms with Gasteiger partial charge in [0, 0.05) is 19.4 Å². The van der Waals surface area contributed by atoms with Crippen LogP contribution in [0.2, 0.25) is 0 Å². The molecular formula is C13H15NO2. The number of benzene rings is 1. The van der Waals surface area contributed by atoms with E-state index in [0.717, 1.165) is 12.2 Å². The third-order valence-electron chi connectivity index (χ3n) is 2.37. The average molecular weight is 217 g/mol. The molecule has 0 saturated heterocycles. The molecule has 0 aliphatic heterocycles. The second-order valence-electron chi connectivity index (χ2n) is 3.71. The van der Waals surface area contributed by atoms with Crippen molar-refractivity contribution in [2.45, 2.75) is 19.3 Å². The van der Waals surface area contributed by atoms with E-state index in [1.54, 1.807) is 6.20 Å². The molecule has 0 fully saturated rings. The van der Waals surface area contributed by atoms with Crippen LogP contribution in [0, 0.1) is 0 Å². The van der Waals surface area contributed by atoms with Gasteiger partial charge in [-0.15, -0.1) is 0 Å². The summed E-state index contributed by atoms with van der Waals surface area (Å²) >= 11 is 0. The molecule has 3 nitrogen and oxygen atoms in total. The van der Waals surface area contributed by atoms with Crippen LogP contribution in [0.3, 0.4) is 0 Å². The van der Waals surface area contributed by atoms with E-state index in [4.69, 9.17) is 9.52 Å². The van der Waals surface area contributed by atoms with Gasteiger partial charge in [-0.05, 0) is 12.0 Å². The van der Waals surface area contributed by atoms with Crippen molar-refractivity contribution in [3.63, 3.8) is 0 Å². The van der Waals surface area contributed by atoms with Crippen molar-refractivity contribution in [3.05, 3.63) is 53.7 Å². The number of oxazole rings is 1. The van der Waals surface area contributed by atoms with Crippen molar-refractivity contribution in [2.24, 2.45) is 0 Å². The van der Waals surface area contributed by atoms with E-state index >= 15 is 0 Å². The van der Waals surface area contributed by atoms with Crippen LogP contribution < -0.4 is 0 Å². The largest absolute Gasteiger partial charge is 0.445 e. The second kappa shape index (κ2) is 5.47. The quantitative estimate of drug-likeness (QED) is 0.835. The second-order valence-corrected chi connectivity index (χ2v) is 3.71. The monoisotopic (exact) mass is 217 g/mol. The summed E-state index contributed by atoms with van der Waals surface area (Å²) in [5, 5.41) is 8.70. The first-order valence-electron chi connectivity index (χ1n) is 5.47. The molecule has 0 spiro atoms. The molecule has 0 saturated carbocycles. The molecule has 1 aromatic heterocycles. The van der Waals surface area contributed by atoms with Gasteiger partial charge in [-0.25, -0.2) is 4.98 Å². The van der Waals surface area contributed by atoms with E-state index < -0.39 is 0 Å². The molecule has 3 heteroatoms. The smallest absolute Gasteiger partial charge is 0.194 e. The Balaban J connectivity index is 1.97. The summed E-state index contributed by atoms with van der Waals surface area (Å²) in [5.74, 6) is 1.58. The molecule has 0 bridgehead atoms. The van der Waals surface area contributed by atoms with E-state index in [9.17, 15) is 0 Å². The molecule has 2 rings (SSSR count). The molecule has 0 radical (unpaired) electrons. The Morgan fingerprint density at radius 3 is 2.75 bits per heavy atom. The highest BCUT2D eigenvalue weighted by Crippen LogP contribution is 2.11. The maximum atomic E-state index is 8.70. The van der Waals surface area contributed by atoms with Crippen molar-refractivity contribution < 1.29 is 9.52 Å². The first-order valence-corrected chi connectivity index (χ1v) is 5.47. The van der Waals surface area contributed by atoms with Crippen molar-refractivity contribution >= 4 is 0 Å². The predicted molar refractivity (Wildman–Crippen MR) is 61.2 cm³/mol. The molecule has 84 valence electrons. The summed E-state index contributed by atoms with van der Waals surface area (Å²) in [6, 6.07) is 10.2. The molecule has 0 atom stereocenters. The third-order valence-corrected chi connectivity index (χ3v) is 2.37. The normalized spacial score (nSPS) is 10.6. The number of aliphatic hydroxyl groups excluding tert-OH is 1. The molecule has 0 amide bonds. The minimum atomic E-state index is 0.177. The number of nitrogens with zero attached hydrogens (tertiary/aromatic N) is 1. The van der Waals surface area contributed by atoms with Crippen LogP contribution in [-0.4, -0.2) is 16.7 Å². The van der Waals surface area contributed by atoms with E-state index in [0.29, 0.717) is 18.7 Å². The Morgan fingerprint density at radius 2 is 2.00 bits per heavy atom. The fourth-order valence-electron chi connectivity index (χ4n) is 1.57. The van der Waals surface area contributed by atoms with E-state index in [2.05, 4.69) is 17.1 Å². The van der Waals surface area contributed by atoms with Gasteiger partial charge in [0.15, 0.2) is 5.89 Å².